The van der Waals surface area contributed by atoms with Crippen LogP contribution < -0.4 is 5.32 Å². The summed E-state index contributed by atoms with van der Waals surface area (Å²) in [6.07, 6.45) is 2.80. The van der Waals surface area contributed by atoms with Crippen LogP contribution in [-0.2, 0) is 9.59 Å². The van der Waals surface area contributed by atoms with Gasteiger partial charge in [0.1, 0.15) is 0 Å². The van der Waals surface area contributed by atoms with E-state index in [0.29, 0.717) is 18.5 Å². The fourth-order valence-electron chi connectivity index (χ4n) is 2.23. The smallest absolute Gasteiger partial charge is 0.222 e. The van der Waals surface area contributed by atoms with Crippen molar-refractivity contribution >= 4 is 11.8 Å². The van der Waals surface area contributed by atoms with Gasteiger partial charge in [0.25, 0.3) is 0 Å². The molecule has 0 aliphatic carbocycles. The average Bonchev–Trinajstić information content (AvgIpc) is 2.51. The Hall–Kier alpha value is -1.98. The summed E-state index contributed by atoms with van der Waals surface area (Å²) in [5.41, 5.74) is 0.561. The summed E-state index contributed by atoms with van der Waals surface area (Å²) in [4.78, 5) is 24.4. The summed E-state index contributed by atoms with van der Waals surface area (Å²) < 4.78 is 26.2. The van der Waals surface area contributed by atoms with Crippen molar-refractivity contribution < 1.29 is 18.4 Å². The molecule has 128 valence electrons. The third-order valence-corrected chi connectivity index (χ3v) is 3.84. The van der Waals surface area contributed by atoms with Crippen molar-refractivity contribution in [3.63, 3.8) is 0 Å². The van der Waals surface area contributed by atoms with Crippen molar-refractivity contribution in [1.29, 1.82) is 0 Å². The van der Waals surface area contributed by atoms with E-state index >= 15 is 0 Å². The van der Waals surface area contributed by atoms with E-state index in [0.717, 1.165) is 31.4 Å². The Morgan fingerprint density at radius 1 is 1.17 bits per heavy atom. The second-order valence-corrected chi connectivity index (χ2v) is 5.65. The highest BCUT2D eigenvalue weighted by molar-refractivity contribution is 5.76. The van der Waals surface area contributed by atoms with E-state index in [2.05, 4.69) is 5.32 Å². The summed E-state index contributed by atoms with van der Waals surface area (Å²) in [6.45, 7) is 3.87. The minimum Gasteiger partial charge on any atom is -0.356 e. The molecule has 2 amide bonds. The zero-order valence-corrected chi connectivity index (χ0v) is 13.9. The molecule has 0 radical (unpaired) electrons. The molecule has 0 aliphatic heterocycles. The summed E-state index contributed by atoms with van der Waals surface area (Å²) in [6, 6.07) is 3.36. The number of nitrogens with one attached hydrogen (secondary N) is 1. The maximum atomic E-state index is 13.3. The van der Waals surface area contributed by atoms with Crippen molar-refractivity contribution in [1.82, 2.24) is 10.2 Å². The molecule has 0 aliphatic rings. The molecule has 1 rings (SSSR count). The Morgan fingerprint density at radius 3 is 2.48 bits per heavy atom. The minimum absolute atomic E-state index is 0.0400. The van der Waals surface area contributed by atoms with Crippen LogP contribution in [0, 0.1) is 11.6 Å². The van der Waals surface area contributed by atoms with Crippen LogP contribution in [-0.4, -0.2) is 30.3 Å². The molecule has 0 heterocycles. The third kappa shape index (κ3) is 6.34. The number of hydrogen-bond donors (Lipinski definition) is 1. The first kappa shape index (κ1) is 19.1. The molecule has 0 fully saturated rings. The van der Waals surface area contributed by atoms with Gasteiger partial charge >= 0.3 is 0 Å². The van der Waals surface area contributed by atoms with Crippen LogP contribution in [0.1, 0.15) is 51.1 Å². The van der Waals surface area contributed by atoms with Crippen molar-refractivity contribution in [3.05, 3.63) is 35.4 Å². The van der Waals surface area contributed by atoms with E-state index in [4.69, 9.17) is 0 Å². The number of amides is 2. The monoisotopic (exact) mass is 326 g/mol. The molecule has 6 heteroatoms. The first-order valence-electron chi connectivity index (χ1n) is 7.78. The van der Waals surface area contributed by atoms with E-state index in [1.54, 1.807) is 18.9 Å². The van der Waals surface area contributed by atoms with E-state index in [9.17, 15) is 18.4 Å². The van der Waals surface area contributed by atoms with E-state index in [-0.39, 0.29) is 17.9 Å². The molecule has 1 aromatic carbocycles. The Labute approximate surface area is 135 Å². The Bertz CT molecular complexity index is 549. The van der Waals surface area contributed by atoms with Crippen molar-refractivity contribution in [2.75, 3.05) is 13.6 Å². The van der Waals surface area contributed by atoms with Gasteiger partial charge in [0.15, 0.2) is 11.6 Å². The number of unbranched alkanes of at least 4 members (excludes halogenated alkanes) is 2. The normalized spacial score (nSPS) is 11.9. The topological polar surface area (TPSA) is 49.4 Å². The van der Waals surface area contributed by atoms with Gasteiger partial charge in [0.2, 0.25) is 11.8 Å². The minimum atomic E-state index is -0.909. The first-order chi connectivity index (χ1) is 10.8. The second-order valence-electron chi connectivity index (χ2n) is 5.65. The molecule has 1 unspecified atom stereocenters. The Morgan fingerprint density at radius 2 is 1.87 bits per heavy atom. The average molecular weight is 326 g/mol. The maximum Gasteiger partial charge on any atom is 0.222 e. The van der Waals surface area contributed by atoms with Crippen molar-refractivity contribution in [2.45, 2.75) is 45.6 Å². The lowest BCUT2D eigenvalue weighted by molar-refractivity contribution is -0.132. The highest BCUT2D eigenvalue weighted by atomic mass is 19.2. The first-order valence-corrected chi connectivity index (χ1v) is 7.78. The van der Waals surface area contributed by atoms with Crippen LogP contribution in [0.15, 0.2) is 18.2 Å². The fraction of sp³-hybridized carbons (Fsp3) is 0.529. The Balaban J connectivity index is 2.40. The lowest BCUT2D eigenvalue weighted by atomic mass is 10.1. The summed E-state index contributed by atoms with van der Waals surface area (Å²) in [7, 11) is 1.66. The van der Waals surface area contributed by atoms with Gasteiger partial charge in [-0.1, -0.05) is 12.5 Å². The van der Waals surface area contributed by atoms with E-state index in [1.807, 2.05) is 0 Å². The number of carbonyl (C=O) groups is 2. The maximum absolute atomic E-state index is 13.3. The van der Waals surface area contributed by atoms with Gasteiger partial charge in [-0.2, -0.15) is 0 Å². The molecule has 0 bridgehead atoms. The number of hydrogen-bond acceptors (Lipinski definition) is 2. The van der Waals surface area contributed by atoms with Gasteiger partial charge in [-0.15, -0.1) is 0 Å². The molecule has 0 saturated carbocycles. The third-order valence-electron chi connectivity index (χ3n) is 3.84. The largest absolute Gasteiger partial charge is 0.356 e. The van der Waals surface area contributed by atoms with Gasteiger partial charge < -0.3 is 10.2 Å². The summed E-state index contributed by atoms with van der Waals surface area (Å²) in [5.74, 6) is -1.90. The molecule has 1 N–H and O–H groups in total. The molecule has 0 aromatic heterocycles. The molecule has 0 saturated heterocycles. The standard InChI is InChI=1S/C17H24F2N2O2/c1-12(14-8-9-15(18)16(19)11-14)21(3)17(23)7-5-4-6-10-20-13(2)22/h8-9,11-12H,4-7,10H2,1-3H3,(H,20,22). The van der Waals surface area contributed by atoms with Crippen LogP contribution in [0.4, 0.5) is 8.78 Å². The second kappa shape index (κ2) is 9.22. The quantitative estimate of drug-likeness (QED) is 0.746. The zero-order chi connectivity index (χ0) is 17.4. The molecule has 4 nitrogen and oxygen atoms in total. The van der Waals surface area contributed by atoms with E-state index in [1.165, 1.54) is 13.0 Å². The molecule has 23 heavy (non-hydrogen) atoms. The van der Waals surface area contributed by atoms with E-state index < -0.39 is 11.6 Å². The molecular weight excluding hydrogens is 302 g/mol. The lowest BCUT2D eigenvalue weighted by Gasteiger charge is -2.25. The summed E-state index contributed by atoms with van der Waals surface area (Å²) in [5, 5.41) is 2.71. The Kier molecular flexibility index (Phi) is 7.65. The number of rotatable bonds is 8. The van der Waals surface area contributed by atoms with Crippen molar-refractivity contribution in [2.24, 2.45) is 0 Å². The predicted octanol–water partition coefficient (Wildman–Crippen LogP) is 3.18. The molecular formula is C17H24F2N2O2. The van der Waals surface area contributed by atoms with Crippen LogP contribution in [0.5, 0.6) is 0 Å². The van der Waals surface area contributed by atoms with Gasteiger partial charge in [-0.05, 0) is 37.5 Å². The van der Waals surface area contributed by atoms with Gasteiger partial charge in [-0.3, -0.25) is 9.59 Å². The SMILES string of the molecule is CC(=O)NCCCCCC(=O)N(C)C(C)c1ccc(F)c(F)c1. The van der Waals surface area contributed by atoms with Crippen LogP contribution in [0.25, 0.3) is 0 Å². The van der Waals surface area contributed by atoms with Crippen LogP contribution in [0.3, 0.4) is 0 Å². The molecule has 1 atom stereocenters. The van der Waals surface area contributed by atoms with Crippen LogP contribution in [0.2, 0.25) is 0 Å². The van der Waals surface area contributed by atoms with Crippen molar-refractivity contribution in [3.8, 4) is 0 Å². The predicted molar refractivity (Wildman–Crippen MR) is 84.7 cm³/mol. The lowest BCUT2D eigenvalue weighted by Crippen LogP contribution is -2.29. The van der Waals surface area contributed by atoms with Gasteiger partial charge in [-0.25, -0.2) is 8.78 Å². The highest BCUT2D eigenvalue weighted by Gasteiger charge is 2.18. The zero-order valence-electron chi connectivity index (χ0n) is 13.9. The fourth-order valence-corrected chi connectivity index (χ4v) is 2.23. The number of benzene rings is 1. The van der Waals surface area contributed by atoms with Gasteiger partial charge in [0, 0.05) is 26.9 Å². The highest BCUT2D eigenvalue weighted by Crippen LogP contribution is 2.21. The summed E-state index contributed by atoms with van der Waals surface area (Å²) >= 11 is 0. The molecule has 0 spiro atoms. The number of nitrogens with zero attached hydrogens (tertiary/aromatic N) is 1. The van der Waals surface area contributed by atoms with Crippen LogP contribution >= 0.6 is 0 Å². The number of halogens is 2. The number of carbonyl (C=O) groups excluding carboxylic acids is 2. The molecule has 1 aromatic rings. The van der Waals surface area contributed by atoms with Gasteiger partial charge in [0.05, 0.1) is 6.04 Å².